The standard InChI is InChI=1S/C20H16F2N4O/c21-15-5-6-17(16(22)11-15)23-19-8-7-18(24-25-19)20(27)26-10-9-13-3-1-2-4-14(13)12-26/h1-8,11H,9-10,12H2,(H,23,25). The number of hydrogen-bond acceptors (Lipinski definition) is 4. The van der Waals surface area contributed by atoms with Crippen molar-refractivity contribution in [2.75, 3.05) is 11.9 Å². The van der Waals surface area contributed by atoms with Gasteiger partial charge in [-0.25, -0.2) is 8.78 Å². The van der Waals surface area contributed by atoms with Crippen molar-refractivity contribution < 1.29 is 13.6 Å². The van der Waals surface area contributed by atoms with Gasteiger partial charge in [-0.2, -0.15) is 0 Å². The quantitative estimate of drug-likeness (QED) is 0.768. The summed E-state index contributed by atoms with van der Waals surface area (Å²) in [5.41, 5.74) is 2.69. The summed E-state index contributed by atoms with van der Waals surface area (Å²) in [6.07, 6.45) is 0.804. The minimum absolute atomic E-state index is 0.0809. The first-order chi connectivity index (χ1) is 13.1. The molecule has 0 aliphatic carbocycles. The predicted octanol–water partition coefficient (Wildman–Crippen LogP) is 3.70. The van der Waals surface area contributed by atoms with E-state index in [-0.39, 0.29) is 23.1 Å². The number of nitrogens with one attached hydrogen (secondary N) is 1. The van der Waals surface area contributed by atoms with Gasteiger partial charge in [0.1, 0.15) is 11.6 Å². The Morgan fingerprint density at radius 2 is 1.81 bits per heavy atom. The van der Waals surface area contributed by atoms with Crippen LogP contribution in [-0.4, -0.2) is 27.5 Å². The highest BCUT2D eigenvalue weighted by molar-refractivity contribution is 5.92. The van der Waals surface area contributed by atoms with Gasteiger partial charge >= 0.3 is 0 Å². The highest BCUT2D eigenvalue weighted by Crippen LogP contribution is 2.21. The number of amides is 1. The van der Waals surface area contributed by atoms with Crippen molar-refractivity contribution in [2.45, 2.75) is 13.0 Å². The van der Waals surface area contributed by atoms with Crippen molar-refractivity contribution in [3.8, 4) is 0 Å². The Balaban J connectivity index is 1.47. The molecule has 3 aromatic rings. The molecule has 0 radical (unpaired) electrons. The second kappa shape index (κ2) is 7.11. The maximum atomic E-state index is 13.7. The van der Waals surface area contributed by atoms with Gasteiger partial charge in [-0.3, -0.25) is 4.79 Å². The van der Waals surface area contributed by atoms with E-state index in [4.69, 9.17) is 0 Å². The molecule has 1 aromatic heterocycles. The SMILES string of the molecule is O=C(c1ccc(Nc2ccc(F)cc2F)nn1)N1CCc2ccccc2C1. The van der Waals surface area contributed by atoms with Gasteiger partial charge in [-0.1, -0.05) is 24.3 Å². The van der Waals surface area contributed by atoms with Crippen LogP contribution in [0.3, 0.4) is 0 Å². The highest BCUT2D eigenvalue weighted by atomic mass is 19.1. The van der Waals surface area contributed by atoms with E-state index in [1.54, 1.807) is 17.0 Å². The van der Waals surface area contributed by atoms with Gasteiger partial charge in [0.05, 0.1) is 5.69 Å². The number of carbonyl (C=O) groups is 1. The van der Waals surface area contributed by atoms with Crippen LogP contribution < -0.4 is 5.32 Å². The van der Waals surface area contributed by atoms with Crippen LogP contribution in [0.15, 0.2) is 54.6 Å². The molecule has 0 spiro atoms. The fraction of sp³-hybridized carbons (Fsp3) is 0.150. The molecule has 1 aliphatic rings. The summed E-state index contributed by atoms with van der Waals surface area (Å²) in [4.78, 5) is 14.4. The number of halogens is 2. The third-order valence-corrected chi connectivity index (χ3v) is 4.50. The molecule has 2 aromatic carbocycles. The topological polar surface area (TPSA) is 58.1 Å². The summed E-state index contributed by atoms with van der Waals surface area (Å²) >= 11 is 0. The van der Waals surface area contributed by atoms with Crippen LogP contribution in [0.2, 0.25) is 0 Å². The Hall–Kier alpha value is -3.35. The van der Waals surface area contributed by atoms with Gasteiger partial charge in [-0.15, -0.1) is 10.2 Å². The number of rotatable bonds is 3. The minimum atomic E-state index is -0.732. The molecule has 0 unspecified atom stereocenters. The molecular formula is C20H16F2N4O. The lowest BCUT2D eigenvalue weighted by atomic mass is 10.00. The van der Waals surface area contributed by atoms with Gasteiger partial charge in [0, 0.05) is 19.2 Å². The molecule has 1 aliphatic heterocycles. The number of anilines is 2. The zero-order valence-electron chi connectivity index (χ0n) is 14.3. The largest absolute Gasteiger partial charge is 0.336 e. The van der Waals surface area contributed by atoms with Gasteiger partial charge in [0.15, 0.2) is 11.5 Å². The lowest BCUT2D eigenvalue weighted by molar-refractivity contribution is 0.0727. The van der Waals surface area contributed by atoms with Crippen molar-refractivity contribution in [3.63, 3.8) is 0 Å². The minimum Gasteiger partial charge on any atom is -0.336 e. The fourth-order valence-electron chi connectivity index (χ4n) is 3.07. The van der Waals surface area contributed by atoms with Gasteiger partial charge < -0.3 is 10.2 Å². The van der Waals surface area contributed by atoms with Crippen LogP contribution in [0.1, 0.15) is 21.6 Å². The number of carbonyl (C=O) groups excluding carboxylic acids is 1. The molecule has 0 saturated heterocycles. The summed E-state index contributed by atoms with van der Waals surface area (Å²) in [5.74, 6) is -1.32. The number of nitrogens with zero attached hydrogens (tertiary/aromatic N) is 3. The molecule has 0 bridgehead atoms. The summed E-state index contributed by atoms with van der Waals surface area (Å²) in [7, 11) is 0. The maximum Gasteiger partial charge on any atom is 0.274 e. The molecule has 2 heterocycles. The van der Waals surface area contributed by atoms with Crippen LogP contribution in [0.25, 0.3) is 0 Å². The van der Waals surface area contributed by atoms with Crippen LogP contribution >= 0.6 is 0 Å². The molecule has 7 heteroatoms. The molecule has 136 valence electrons. The first kappa shape index (κ1) is 17.1. The van der Waals surface area contributed by atoms with Crippen molar-refractivity contribution in [3.05, 3.63) is 83.1 Å². The zero-order chi connectivity index (χ0) is 18.8. The van der Waals surface area contributed by atoms with E-state index in [0.29, 0.717) is 13.1 Å². The summed E-state index contributed by atoms with van der Waals surface area (Å²) in [6, 6.07) is 14.3. The lowest BCUT2D eigenvalue weighted by Gasteiger charge is -2.28. The first-order valence-corrected chi connectivity index (χ1v) is 8.52. The molecule has 4 rings (SSSR count). The molecular weight excluding hydrogens is 350 g/mol. The molecule has 0 atom stereocenters. The lowest BCUT2D eigenvalue weighted by Crippen LogP contribution is -2.36. The number of benzene rings is 2. The van der Waals surface area contributed by atoms with Crippen molar-refractivity contribution >= 4 is 17.4 Å². The predicted molar refractivity (Wildman–Crippen MR) is 96.6 cm³/mol. The van der Waals surface area contributed by atoms with Crippen LogP contribution in [0.5, 0.6) is 0 Å². The van der Waals surface area contributed by atoms with E-state index in [1.807, 2.05) is 18.2 Å². The van der Waals surface area contributed by atoms with E-state index in [1.165, 1.54) is 11.6 Å². The van der Waals surface area contributed by atoms with Gasteiger partial charge in [-0.05, 0) is 41.8 Å². The molecule has 5 nitrogen and oxygen atoms in total. The van der Waals surface area contributed by atoms with E-state index in [0.717, 1.165) is 24.1 Å². The molecule has 1 N–H and O–H groups in total. The second-order valence-electron chi connectivity index (χ2n) is 6.30. The van der Waals surface area contributed by atoms with Gasteiger partial charge in [0.25, 0.3) is 5.91 Å². The van der Waals surface area contributed by atoms with Crippen molar-refractivity contribution in [2.24, 2.45) is 0 Å². The zero-order valence-corrected chi connectivity index (χ0v) is 14.3. The molecule has 27 heavy (non-hydrogen) atoms. The summed E-state index contributed by atoms with van der Waals surface area (Å²) in [6.45, 7) is 1.16. The van der Waals surface area contributed by atoms with Gasteiger partial charge in [0.2, 0.25) is 0 Å². The fourth-order valence-corrected chi connectivity index (χ4v) is 3.07. The third kappa shape index (κ3) is 3.62. The third-order valence-electron chi connectivity index (χ3n) is 4.50. The average Bonchev–Trinajstić information content (AvgIpc) is 2.70. The smallest absolute Gasteiger partial charge is 0.274 e. The Bertz CT molecular complexity index is 992. The summed E-state index contributed by atoms with van der Waals surface area (Å²) < 4.78 is 26.7. The van der Waals surface area contributed by atoms with E-state index >= 15 is 0 Å². The van der Waals surface area contributed by atoms with Crippen LogP contribution in [0.4, 0.5) is 20.3 Å². The van der Waals surface area contributed by atoms with E-state index < -0.39 is 11.6 Å². The Morgan fingerprint density at radius 1 is 1.00 bits per heavy atom. The Morgan fingerprint density at radius 3 is 2.56 bits per heavy atom. The highest BCUT2D eigenvalue weighted by Gasteiger charge is 2.22. The number of aromatic nitrogens is 2. The maximum absolute atomic E-state index is 13.7. The monoisotopic (exact) mass is 366 g/mol. The van der Waals surface area contributed by atoms with E-state index in [2.05, 4.69) is 21.6 Å². The van der Waals surface area contributed by atoms with Crippen molar-refractivity contribution in [1.29, 1.82) is 0 Å². The van der Waals surface area contributed by atoms with Crippen molar-refractivity contribution in [1.82, 2.24) is 15.1 Å². The van der Waals surface area contributed by atoms with Crippen LogP contribution in [-0.2, 0) is 13.0 Å². The summed E-state index contributed by atoms with van der Waals surface area (Å²) in [5, 5.41) is 10.6. The second-order valence-corrected chi connectivity index (χ2v) is 6.30. The average molecular weight is 366 g/mol. The van der Waals surface area contributed by atoms with Crippen LogP contribution in [0, 0.1) is 11.6 Å². The Kier molecular flexibility index (Phi) is 4.50. The molecule has 1 amide bonds. The Labute approximate surface area is 154 Å². The normalized spacial score (nSPS) is 13.2. The first-order valence-electron chi connectivity index (χ1n) is 8.52. The molecule has 0 saturated carbocycles. The number of fused-ring (bicyclic) bond motifs is 1. The van der Waals surface area contributed by atoms with E-state index in [9.17, 15) is 13.6 Å². The molecule has 0 fully saturated rings. The number of hydrogen-bond donors (Lipinski definition) is 1.